The van der Waals surface area contributed by atoms with E-state index in [0.29, 0.717) is 25.3 Å². The van der Waals surface area contributed by atoms with Gasteiger partial charge in [-0.2, -0.15) is 0 Å². The molecule has 0 bridgehead atoms. The van der Waals surface area contributed by atoms with Crippen LogP contribution in [0.2, 0.25) is 0 Å². The minimum atomic E-state index is -0.129. The monoisotopic (exact) mass is 381 g/mol. The maximum absolute atomic E-state index is 12.9. The van der Waals surface area contributed by atoms with E-state index in [4.69, 9.17) is 0 Å². The molecule has 2 aromatic heterocycles. The largest absolute Gasteiger partial charge is 0.355 e. The first kappa shape index (κ1) is 17.8. The summed E-state index contributed by atoms with van der Waals surface area (Å²) >= 11 is 1.71. The number of aromatic amines is 1. The predicted octanol–water partition coefficient (Wildman–Crippen LogP) is 3.44. The normalized spacial score (nSPS) is 17.2. The number of thiophene rings is 1. The fourth-order valence-electron chi connectivity index (χ4n) is 3.64. The van der Waals surface area contributed by atoms with Gasteiger partial charge in [-0.15, -0.1) is 11.3 Å². The number of piperidine rings is 1. The van der Waals surface area contributed by atoms with Crippen molar-refractivity contribution in [2.45, 2.75) is 19.3 Å². The summed E-state index contributed by atoms with van der Waals surface area (Å²) in [6.45, 7) is 1.83. The average Bonchev–Trinajstić information content (AvgIpc) is 3.37. The SMILES string of the molecule is O=C(NCCc1cccs1)C1CCCN(C(=O)c2cc3ccccc3[nH]2)C1. The summed E-state index contributed by atoms with van der Waals surface area (Å²) in [4.78, 5) is 31.7. The lowest BCUT2D eigenvalue weighted by atomic mass is 9.97. The highest BCUT2D eigenvalue weighted by atomic mass is 32.1. The molecule has 1 aliphatic heterocycles. The molecule has 0 saturated carbocycles. The lowest BCUT2D eigenvalue weighted by Gasteiger charge is -2.31. The number of fused-ring (bicyclic) bond motifs is 1. The Balaban J connectivity index is 1.35. The number of hydrogen-bond donors (Lipinski definition) is 2. The van der Waals surface area contributed by atoms with Crippen molar-refractivity contribution in [2.75, 3.05) is 19.6 Å². The number of nitrogens with one attached hydrogen (secondary N) is 2. The standard InChI is InChI=1S/C21H23N3O2S/c25-20(22-10-9-17-7-4-12-27-17)16-6-3-11-24(14-16)21(26)19-13-15-5-1-2-8-18(15)23-19/h1-2,4-5,7-8,12-13,16,23H,3,6,9-11,14H2,(H,22,25). The van der Waals surface area contributed by atoms with Crippen LogP contribution in [0.3, 0.4) is 0 Å². The number of amides is 2. The number of aromatic nitrogens is 1. The molecule has 27 heavy (non-hydrogen) atoms. The van der Waals surface area contributed by atoms with Crippen molar-refractivity contribution in [3.05, 3.63) is 58.4 Å². The van der Waals surface area contributed by atoms with Crippen molar-refractivity contribution in [3.63, 3.8) is 0 Å². The van der Waals surface area contributed by atoms with E-state index >= 15 is 0 Å². The van der Waals surface area contributed by atoms with Gasteiger partial charge in [-0.05, 0) is 42.8 Å². The van der Waals surface area contributed by atoms with Gasteiger partial charge in [0.2, 0.25) is 5.91 Å². The fraction of sp³-hybridized carbons (Fsp3) is 0.333. The summed E-state index contributed by atoms with van der Waals surface area (Å²) in [5, 5.41) is 6.11. The Hall–Kier alpha value is -2.60. The molecule has 5 nitrogen and oxygen atoms in total. The molecule has 3 aromatic rings. The Bertz CT molecular complexity index is 899. The molecule has 0 aliphatic carbocycles. The Kier molecular flexibility index (Phi) is 5.25. The molecule has 1 unspecified atom stereocenters. The Morgan fingerprint density at radius 3 is 2.93 bits per heavy atom. The van der Waals surface area contributed by atoms with Crippen LogP contribution in [0.5, 0.6) is 0 Å². The maximum Gasteiger partial charge on any atom is 0.270 e. The van der Waals surface area contributed by atoms with Crippen molar-refractivity contribution in [1.82, 2.24) is 15.2 Å². The second-order valence-electron chi connectivity index (χ2n) is 6.98. The van der Waals surface area contributed by atoms with Crippen molar-refractivity contribution in [2.24, 2.45) is 5.92 Å². The van der Waals surface area contributed by atoms with Crippen LogP contribution in [0.25, 0.3) is 10.9 Å². The molecule has 0 radical (unpaired) electrons. The second kappa shape index (κ2) is 7.96. The Labute approximate surface area is 162 Å². The molecule has 1 atom stereocenters. The molecule has 1 aromatic carbocycles. The van der Waals surface area contributed by atoms with Gasteiger partial charge in [0, 0.05) is 35.4 Å². The molecular weight excluding hydrogens is 358 g/mol. The summed E-state index contributed by atoms with van der Waals surface area (Å²) in [6, 6.07) is 13.9. The number of rotatable bonds is 5. The number of nitrogens with zero attached hydrogens (tertiary/aromatic N) is 1. The third-order valence-corrected chi connectivity index (χ3v) is 6.03. The molecule has 6 heteroatoms. The molecule has 2 N–H and O–H groups in total. The van der Waals surface area contributed by atoms with E-state index in [0.717, 1.165) is 30.2 Å². The first-order valence-electron chi connectivity index (χ1n) is 9.38. The van der Waals surface area contributed by atoms with Crippen LogP contribution in [0, 0.1) is 5.92 Å². The average molecular weight is 382 g/mol. The van der Waals surface area contributed by atoms with Crippen molar-refractivity contribution < 1.29 is 9.59 Å². The van der Waals surface area contributed by atoms with E-state index in [9.17, 15) is 9.59 Å². The molecule has 140 valence electrons. The van der Waals surface area contributed by atoms with Crippen LogP contribution >= 0.6 is 11.3 Å². The number of hydrogen-bond acceptors (Lipinski definition) is 3. The van der Waals surface area contributed by atoms with Crippen LogP contribution in [0.4, 0.5) is 0 Å². The highest BCUT2D eigenvalue weighted by Gasteiger charge is 2.29. The first-order chi connectivity index (χ1) is 13.2. The number of carbonyl (C=O) groups excluding carboxylic acids is 2. The fourth-order valence-corrected chi connectivity index (χ4v) is 4.35. The highest BCUT2D eigenvalue weighted by Crippen LogP contribution is 2.21. The molecule has 1 saturated heterocycles. The van der Waals surface area contributed by atoms with Gasteiger partial charge in [-0.3, -0.25) is 9.59 Å². The molecule has 4 rings (SSSR count). The van der Waals surface area contributed by atoms with Gasteiger partial charge in [0.25, 0.3) is 5.91 Å². The molecule has 2 amide bonds. The maximum atomic E-state index is 12.9. The minimum absolute atomic E-state index is 0.0257. The summed E-state index contributed by atoms with van der Waals surface area (Å²) in [7, 11) is 0. The van der Waals surface area contributed by atoms with Gasteiger partial charge in [0.15, 0.2) is 0 Å². The lowest BCUT2D eigenvalue weighted by Crippen LogP contribution is -2.45. The Morgan fingerprint density at radius 1 is 1.22 bits per heavy atom. The molecule has 1 fully saturated rings. The van der Waals surface area contributed by atoms with E-state index in [-0.39, 0.29) is 17.7 Å². The van der Waals surface area contributed by atoms with Crippen LogP contribution in [-0.4, -0.2) is 41.3 Å². The van der Waals surface area contributed by atoms with Crippen LogP contribution < -0.4 is 5.32 Å². The highest BCUT2D eigenvalue weighted by molar-refractivity contribution is 7.09. The zero-order valence-electron chi connectivity index (χ0n) is 15.1. The van der Waals surface area contributed by atoms with E-state index in [2.05, 4.69) is 16.4 Å². The van der Waals surface area contributed by atoms with Gasteiger partial charge in [0.05, 0.1) is 5.92 Å². The number of benzene rings is 1. The van der Waals surface area contributed by atoms with Crippen molar-refractivity contribution in [1.29, 1.82) is 0 Å². The number of H-pyrrole nitrogens is 1. The lowest BCUT2D eigenvalue weighted by molar-refractivity contribution is -0.126. The quantitative estimate of drug-likeness (QED) is 0.711. The van der Waals surface area contributed by atoms with Crippen molar-refractivity contribution >= 4 is 34.1 Å². The Morgan fingerprint density at radius 2 is 2.11 bits per heavy atom. The molecular formula is C21H23N3O2S. The summed E-state index contributed by atoms with van der Waals surface area (Å²) in [6.07, 6.45) is 2.55. The molecule has 1 aliphatic rings. The minimum Gasteiger partial charge on any atom is -0.355 e. The smallest absolute Gasteiger partial charge is 0.270 e. The third-order valence-electron chi connectivity index (χ3n) is 5.09. The van der Waals surface area contributed by atoms with Gasteiger partial charge in [-0.1, -0.05) is 24.3 Å². The molecule has 0 spiro atoms. The van der Waals surface area contributed by atoms with Gasteiger partial charge in [-0.25, -0.2) is 0 Å². The third kappa shape index (κ3) is 4.06. The van der Waals surface area contributed by atoms with E-state index in [1.54, 1.807) is 16.2 Å². The van der Waals surface area contributed by atoms with E-state index in [1.807, 2.05) is 41.8 Å². The predicted molar refractivity (Wildman–Crippen MR) is 108 cm³/mol. The van der Waals surface area contributed by atoms with Crippen molar-refractivity contribution in [3.8, 4) is 0 Å². The topological polar surface area (TPSA) is 65.2 Å². The van der Waals surface area contributed by atoms with Crippen LogP contribution in [-0.2, 0) is 11.2 Å². The number of para-hydroxylation sites is 1. The summed E-state index contributed by atoms with van der Waals surface area (Å²) < 4.78 is 0. The summed E-state index contributed by atoms with van der Waals surface area (Å²) in [5.74, 6) is -0.0987. The summed E-state index contributed by atoms with van der Waals surface area (Å²) in [5.41, 5.74) is 1.55. The number of likely N-dealkylation sites (tertiary alicyclic amines) is 1. The first-order valence-corrected chi connectivity index (χ1v) is 10.3. The zero-order valence-corrected chi connectivity index (χ0v) is 15.9. The van der Waals surface area contributed by atoms with E-state index < -0.39 is 0 Å². The number of carbonyl (C=O) groups is 2. The van der Waals surface area contributed by atoms with Crippen LogP contribution in [0.15, 0.2) is 47.8 Å². The van der Waals surface area contributed by atoms with Gasteiger partial charge in [0.1, 0.15) is 5.69 Å². The van der Waals surface area contributed by atoms with Gasteiger partial charge >= 0.3 is 0 Å². The molecule has 3 heterocycles. The second-order valence-corrected chi connectivity index (χ2v) is 8.01. The van der Waals surface area contributed by atoms with Gasteiger partial charge < -0.3 is 15.2 Å². The van der Waals surface area contributed by atoms with E-state index in [1.165, 1.54) is 4.88 Å². The van der Waals surface area contributed by atoms with Crippen LogP contribution in [0.1, 0.15) is 28.2 Å². The zero-order chi connectivity index (χ0) is 18.6.